The lowest BCUT2D eigenvalue weighted by Crippen LogP contribution is -1.78. The largest absolute Gasteiger partial charge is 0.0928 e. The molecule has 0 saturated heterocycles. The zero-order chi connectivity index (χ0) is 10.5. The minimum absolute atomic E-state index is 0.523. The molecule has 0 aromatic carbocycles. The molecule has 82 valence electrons. The Bertz CT molecular complexity index is 72.0. The summed E-state index contributed by atoms with van der Waals surface area (Å²) in [5, 5.41) is 2.31. The molecule has 4 heteroatoms. The van der Waals surface area contributed by atoms with Gasteiger partial charge in [0, 0.05) is 10.7 Å². The molecule has 0 rings (SSSR count). The standard InChI is InChI=1S/C5H10Br2.C4H8Br2/c6-4-2-1-3-5-7;1-2-3-4(5)6/h1-5H2;4H,2-3H2,1H3. The van der Waals surface area contributed by atoms with Crippen LogP contribution in [0.4, 0.5) is 0 Å². The number of hydrogen-bond acceptors (Lipinski definition) is 0. The van der Waals surface area contributed by atoms with Crippen LogP contribution in [-0.2, 0) is 0 Å². The summed E-state index contributed by atoms with van der Waals surface area (Å²) in [4.78, 5) is 0. The summed E-state index contributed by atoms with van der Waals surface area (Å²) >= 11 is 13.4. The van der Waals surface area contributed by atoms with Gasteiger partial charge in [-0.15, -0.1) is 0 Å². The Balaban J connectivity index is 0. The second kappa shape index (κ2) is 16.4. The molecular weight excluding hydrogens is 428 g/mol. The van der Waals surface area contributed by atoms with E-state index < -0.39 is 0 Å². The van der Waals surface area contributed by atoms with E-state index in [1.807, 2.05) is 0 Å². The normalized spacial score (nSPS) is 9.69. The van der Waals surface area contributed by atoms with Gasteiger partial charge < -0.3 is 0 Å². The lowest BCUT2D eigenvalue weighted by atomic mass is 10.3. The first-order chi connectivity index (χ1) is 6.18. The molecule has 0 aromatic rings. The van der Waals surface area contributed by atoms with Crippen LogP contribution in [0.3, 0.4) is 0 Å². The second-order valence-corrected chi connectivity index (χ2v) is 7.64. The third-order valence-corrected chi connectivity index (χ3v) is 3.31. The van der Waals surface area contributed by atoms with Crippen molar-refractivity contribution in [2.24, 2.45) is 0 Å². The summed E-state index contributed by atoms with van der Waals surface area (Å²) in [6, 6.07) is 0. The monoisotopic (exact) mass is 442 g/mol. The molecule has 0 N–H and O–H groups in total. The Morgan fingerprint density at radius 2 is 1.38 bits per heavy atom. The molecule has 0 spiro atoms. The number of alkyl halides is 4. The third kappa shape index (κ3) is 24.9. The van der Waals surface area contributed by atoms with Crippen molar-refractivity contribution in [3.63, 3.8) is 0 Å². The van der Waals surface area contributed by atoms with Crippen molar-refractivity contribution < 1.29 is 0 Å². The predicted molar refractivity (Wildman–Crippen MR) is 78.0 cm³/mol. The maximum absolute atomic E-state index is 3.36. The molecule has 0 amide bonds. The van der Waals surface area contributed by atoms with E-state index in [1.165, 1.54) is 32.1 Å². The van der Waals surface area contributed by atoms with Gasteiger partial charge in [-0.25, -0.2) is 0 Å². The van der Waals surface area contributed by atoms with Gasteiger partial charge in [0.05, 0.1) is 3.74 Å². The summed E-state index contributed by atoms with van der Waals surface area (Å²) in [5.41, 5.74) is 0. The summed E-state index contributed by atoms with van der Waals surface area (Å²) in [6.07, 6.45) is 6.41. The van der Waals surface area contributed by atoms with Crippen molar-refractivity contribution >= 4 is 63.7 Å². The van der Waals surface area contributed by atoms with E-state index in [4.69, 9.17) is 0 Å². The van der Waals surface area contributed by atoms with Crippen molar-refractivity contribution in [1.29, 1.82) is 0 Å². The Hall–Kier alpha value is 1.92. The summed E-state index contributed by atoms with van der Waals surface area (Å²) < 4.78 is 0.523. The molecule has 0 bridgehead atoms. The van der Waals surface area contributed by atoms with E-state index in [1.54, 1.807) is 0 Å². The Labute approximate surface area is 116 Å². The van der Waals surface area contributed by atoms with Gasteiger partial charge in [0.15, 0.2) is 0 Å². The Kier molecular flexibility index (Phi) is 21.8. The van der Waals surface area contributed by atoms with Crippen molar-refractivity contribution in [3.8, 4) is 0 Å². The Morgan fingerprint density at radius 3 is 1.54 bits per heavy atom. The van der Waals surface area contributed by atoms with E-state index in [9.17, 15) is 0 Å². The SMILES string of the molecule is BrCCCCCBr.CCCC(Br)Br. The van der Waals surface area contributed by atoms with Gasteiger partial charge in [-0.1, -0.05) is 83.5 Å². The lowest BCUT2D eigenvalue weighted by molar-refractivity contribution is 0.792. The van der Waals surface area contributed by atoms with Crippen LogP contribution < -0.4 is 0 Å². The smallest absolute Gasteiger partial charge is 0.0697 e. The molecule has 0 nitrogen and oxygen atoms in total. The first-order valence-corrected chi connectivity index (χ1v) is 8.66. The quantitative estimate of drug-likeness (QED) is 0.355. The minimum atomic E-state index is 0.523. The van der Waals surface area contributed by atoms with Crippen LogP contribution in [0, 0.1) is 0 Å². The van der Waals surface area contributed by atoms with E-state index in [2.05, 4.69) is 70.6 Å². The van der Waals surface area contributed by atoms with Gasteiger partial charge in [0.25, 0.3) is 0 Å². The molecule has 0 radical (unpaired) electrons. The average molecular weight is 446 g/mol. The van der Waals surface area contributed by atoms with Crippen LogP contribution in [-0.4, -0.2) is 14.4 Å². The highest BCUT2D eigenvalue weighted by molar-refractivity contribution is 9.24. The number of rotatable bonds is 6. The van der Waals surface area contributed by atoms with Gasteiger partial charge in [0.1, 0.15) is 0 Å². The van der Waals surface area contributed by atoms with E-state index in [-0.39, 0.29) is 0 Å². The average Bonchev–Trinajstić information content (AvgIpc) is 2.06. The molecule has 0 atom stereocenters. The molecule has 0 unspecified atom stereocenters. The summed E-state index contributed by atoms with van der Waals surface area (Å²) in [5.74, 6) is 0. The highest BCUT2D eigenvalue weighted by Gasteiger charge is 1.90. The molecule has 0 aliphatic rings. The predicted octanol–water partition coefficient (Wildman–Crippen LogP) is 5.85. The van der Waals surface area contributed by atoms with Crippen molar-refractivity contribution in [1.82, 2.24) is 0 Å². The third-order valence-electron chi connectivity index (χ3n) is 1.27. The number of hydrogen-bond donors (Lipinski definition) is 0. The Morgan fingerprint density at radius 1 is 0.923 bits per heavy atom. The zero-order valence-electron chi connectivity index (χ0n) is 8.04. The van der Waals surface area contributed by atoms with Gasteiger partial charge in [-0.2, -0.15) is 0 Å². The van der Waals surface area contributed by atoms with E-state index in [0.29, 0.717) is 3.74 Å². The van der Waals surface area contributed by atoms with Crippen LogP contribution in [0.2, 0.25) is 0 Å². The molecule has 0 fully saturated rings. The minimum Gasteiger partial charge on any atom is -0.0928 e. The molecule has 0 saturated carbocycles. The lowest BCUT2D eigenvalue weighted by Gasteiger charge is -1.91. The van der Waals surface area contributed by atoms with Crippen LogP contribution in [0.1, 0.15) is 39.0 Å². The maximum Gasteiger partial charge on any atom is 0.0697 e. The first-order valence-electron chi connectivity index (χ1n) is 4.59. The zero-order valence-corrected chi connectivity index (χ0v) is 14.4. The van der Waals surface area contributed by atoms with Crippen molar-refractivity contribution in [3.05, 3.63) is 0 Å². The summed E-state index contributed by atoms with van der Waals surface area (Å²) in [7, 11) is 0. The maximum atomic E-state index is 3.36. The van der Waals surface area contributed by atoms with Gasteiger partial charge >= 0.3 is 0 Å². The topological polar surface area (TPSA) is 0 Å². The van der Waals surface area contributed by atoms with Gasteiger partial charge in [-0.05, 0) is 19.3 Å². The number of unbranched alkanes of at least 4 members (excludes halogenated alkanes) is 2. The molecular formula is C9H18Br4. The first kappa shape index (κ1) is 17.3. The van der Waals surface area contributed by atoms with Crippen molar-refractivity contribution in [2.45, 2.75) is 42.8 Å². The highest BCUT2D eigenvalue weighted by Crippen LogP contribution is 2.13. The second-order valence-electron chi connectivity index (χ2n) is 2.62. The van der Waals surface area contributed by atoms with Gasteiger partial charge in [-0.3, -0.25) is 0 Å². The fourth-order valence-corrected chi connectivity index (χ4v) is 2.29. The fourth-order valence-electron chi connectivity index (χ4n) is 0.584. The van der Waals surface area contributed by atoms with Crippen LogP contribution in [0.15, 0.2) is 0 Å². The molecule has 0 heterocycles. The van der Waals surface area contributed by atoms with Crippen molar-refractivity contribution in [2.75, 3.05) is 10.7 Å². The van der Waals surface area contributed by atoms with E-state index in [0.717, 1.165) is 10.7 Å². The molecule has 0 aliphatic carbocycles. The van der Waals surface area contributed by atoms with Crippen LogP contribution in [0.5, 0.6) is 0 Å². The van der Waals surface area contributed by atoms with Gasteiger partial charge in [0.2, 0.25) is 0 Å². The molecule has 0 aromatic heterocycles. The van der Waals surface area contributed by atoms with Crippen LogP contribution >= 0.6 is 63.7 Å². The van der Waals surface area contributed by atoms with Crippen LogP contribution in [0.25, 0.3) is 0 Å². The summed E-state index contributed by atoms with van der Waals surface area (Å²) in [6.45, 7) is 2.16. The molecule has 0 aliphatic heterocycles. The van der Waals surface area contributed by atoms with E-state index >= 15 is 0 Å². The molecule has 13 heavy (non-hydrogen) atoms. The highest BCUT2D eigenvalue weighted by atomic mass is 79.9. The number of halogens is 4. The fraction of sp³-hybridized carbons (Fsp3) is 1.00.